The summed E-state index contributed by atoms with van der Waals surface area (Å²) in [5, 5.41) is 8.94. The minimum absolute atomic E-state index is 0.760. The van der Waals surface area contributed by atoms with Crippen LogP contribution in [0.2, 0.25) is 0 Å². The van der Waals surface area contributed by atoms with E-state index < -0.39 is 0 Å². The van der Waals surface area contributed by atoms with Crippen LogP contribution in [0.1, 0.15) is 5.82 Å². The highest BCUT2D eigenvalue weighted by Crippen LogP contribution is 2.26. The highest BCUT2D eigenvalue weighted by molar-refractivity contribution is 7.98. The Balaban J connectivity index is 1.79. The van der Waals surface area contributed by atoms with Gasteiger partial charge in [0.2, 0.25) is 0 Å². The molecule has 0 aliphatic heterocycles. The van der Waals surface area contributed by atoms with E-state index in [2.05, 4.69) is 31.9 Å². The van der Waals surface area contributed by atoms with Gasteiger partial charge in [0.1, 0.15) is 12.2 Å². The first-order chi connectivity index (χ1) is 9.75. The molecular weight excluding hydrogens is 270 g/mol. The summed E-state index contributed by atoms with van der Waals surface area (Å²) in [6.07, 6.45) is 3.62. The molecule has 0 saturated carbocycles. The van der Waals surface area contributed by atoms with Crippen LogP contribution in [0.15, 0.2) is 48.0 Å². The van der Waals surface area contributed by atoms with Crippen molar-refractivity contribution in [2.24, 2.45) is 14.1 Å². The van der Waals surface area contributed by atoms with Gasteiger partial charge in [-0.2, -0.15) is 0 Å². The largest absolute Gasteiger partial charge is 0.322 e. The molecule has 0 atom stereocenters. The van der Waals surface area contributed by atoms with Gasteiger partial charge in [0.25, 0.3) is 0 Å². The smallest absolute Gasteiger partial charge is 0.168 e. The Morgan fingerprint density at radius 1 is 1.15 bits per heavy atom. The average molecular weight is 285 g/mol. The van der Waals surface area contributed by atoms with Gasteiger partial charge in [-0.15, -0.1) is 10.2 Å². The molecule has 0 fully saturated rings. The number of thioether (sulfide) groups is 1. The first kappa shape index (κ1) is 12.9. The Morgan fingerprint density at radius 3 is 2.65 bits per heavy atom. The fourth-order valence-corrected chi connectivity index (χ4v) is 2.91. The minimum atomic E-state index is 0.760. The number of rotatable bonds is 4. The summed E-state index contributed by atoms with van der Waals surface area (Å²) in [6, 6.07) is 10.3. The molecule has 3 aromatic rings. The summed E-state index contributed by atoms with van der Waals surface area (Å²) in [7, 11) is 3.98. The third-order valence-corrected chi connectivity index (χ3v) is 4.19. The fraction of sp³-hybridized carbons (Fsp3) is 0.214. The summed E-state index contributed by atoms with van der Waals surface area (Å²) in [5.41, 5.74) is 2.29. The van der Waals surface area contributed by atoms with Crippen molar-refractivity contribution >= 4 is 11.8 Å². The summed E-state index contributed by atoms with van der Waals surface area (Å²) in [5.74, 6) is 1.70. The monoisotopic (exact) mass is 285 g/mol. The normalized spacial score (nSPS) is 10.9. The number of aryl methyl sites for hydroxylation is 1. The molecule has 20 heavy (non-hydrogen) atoms. The van der Waals surface area contributed by atoms with E-state index >= 15 is 0 Å². The summed E-state index contributed by atoms with van der Waals surface area (Å²) in [4.78, 5) is 4.49. The maximum absolute atomic E-state index is 4.49. The molecule has 0 spiro atoms. The zero-order valence-electron chi connectivity index (χ0n) is 11.4. The second-order valence-electron chi connectivity index (χ2n) is 4.50. The number of imidazole rings is 1. The van der Waals surface area contributed by atoms with Crippen LogP contribution in [0.25, 0.3) is 11.3 Å². The van der Waals surface area contributed by atoms with Crippen LogP contribution in [0.4, 0.5) is 0 Å². The van der Waals surface area contributed by atoms with Gasteiger partial charge in [0, 0.05) is 14.1 Å². The molecule has 0 bridgehead atoms. The quantitative estimate of drug-likeness (QED) is 0.691. The zero-order valence-corrected chi connectivity index (χ0v) is 12.2. The lowest BCUT2D eigenvalue weighted by Gasteiger charge is -2.05. The molecular formula is C14H15N5S. The van der Waals surface area contributed by atoms with Crippen LogP contribution in [-0.2, 0) is 19.8 Å². The molecule has 0 unspecified atom stereocenters. The summed E-state index contributed by atoms with van der Waals surface area (Å²) < 4.78 is 4.03. The predicted octanol–water partition coefficient (Wildman–Crippen LogP) is 2.51. The van der Waals surface area contributed by atoms with E-state index in [9.17, 15) is 0 Å². The third-order valence-electron chi connectivity index (χ3n) is 3.15. The van der Waals surface area contributed by atoms with Gasteiger partial charge in [-0.25, -0.2) is 4.98 Å². The van der Waals surface area contributed by atoms with Crippen molar-refractivity contribution in [1.29, 1.82) is 0 Å². The lowest BCUT2D eigenvalue weighted by molar-refractivity contribution is 0.792. The van der Waals surface area contributed by atoms with Crippen molar-refractivity contribution in [1.82, 2.24) is 24.3 Å². The molecule has 0 amide bonds. The lowest BCUT2D eigenvalue weighted by Crippen LogP contribution is -1.97. The van der Waals surface area contributed by atoms with Crippen molar-refractivity contribution in [2.45, 2.75) is 10.9 Å². The van der Waals surface area contributed by atoms with Gasteiger partial charge in [0.05, 0.1) is 17.6 Å². The van der Waals surface area contributed by atoms with E-state index in [1.807, 2.05) is 43.1 Å². The van der Waals surface area contributed by atoms with Crippen LogP contribution in [-0.4, -0.2) is 24.3 Å². The molecule has 2 heterocycles. The molecule has 1 aromatic carbocycles. The van der Waals surface area contributed by atoms with Gasteiger partial charge >= 0.3 is 0 Å². The topological polar surface area (TPSA) is 48.5 Å². The Bertz CT molecular complexity index is 701. The first-order valence-corrected chi connectivity index (χ1v) is 7.27. The fourth-order valence-electron chi connectivity index (χ4n) is 1.97. The van der Waals surface area contributed by atoms with E-state index in [0.717, 1.165) is 22.4 Å². The molecule has 0 radical (unpaired) electrons. The van der Waals surface area contributed by atoms with Crippen molar-refractivity contribution < 1.29 is 0 Å². The zero-order chi connectivity index (χ0) is 13.9. The van der Waals surface area contributed by atoms with Gasteiger partial charge in [0.15, 0.2) is 5.16 Å². The summed E-state index contributed by atoms with van der Waals surface area (Å²) >= 11 is 1.66. The SMILES string of the molecule is Cn1cnnc1CSc1ncc(-c2ccccc2)n1C. The van der Waals surface area contributed by atoms with Crippen molar-refractivity contribution in [3.63, 3.8) is 0 Å². The highest BCUT2D eigenvalue weighted by Gasteiger charge is 2.10. The Morgan fingerprint density at radius 2 is 1.95 bits per heavy atom. The van der Waals surface area contributed by atoms with Crippen LogP contribution < -0.4 is 0 Å². The number of benzene rings is 1. The number of nitrogens with zero attached hydrogens (tertiary/aromatic N) is 5. The third kappa shape index (κ3) is 2.46. The average Bonchev–Trinajstić information content (AvgIpc) is 3.04. The summed E-state index contributed by atoms with van der Waals surface area (Å²) in [6.45, 7) is 0. The lowest BCUT2D eigenvalue weighted by atomic mass is 10.2. The van der Waals surface area contributed by atoms with Crippen molar-refractivity contribution in [3.8, 4) is 11.3 Å². The maximum Gasteiger partial charge on any atom is 0.168 e. The molecule has 102 valence electrons. The van der Waals surface area contributed by atoms with Crippen LogP contribution >= 0.6 is 11.8 Å². The molecule has 0 N–H and O–H groups in total. The van der Waals surface area contributed by atoms with Crippen LogP contribution in [0.3, 0.4) is 0 Å². The van der Waals surface area contributed by atoms with E-state index in [1.54, 1.807) is 18.1 Å². The number of hydrogen-bond acceptors (Lipinski definition) is 4. The van der Waals surface area contributed by atoms with Gasteiger partial charge in [-0.05, 0) is 5.56 Å². The predicted molar refractivity (Wildman–Crippen MR) is 79.2 cm³/mol. The van der Waals surface area contributed by atoms with E-state index in [4.69, 9.17) is 0 Å². The minimum Gasteiger partial charge on any atom is -0.322 e. The van der Waals surface area contributed by atoms with Crippen molar-refractivity contribution in [2.75, 3.05) is 0 Å². The van der Waals surface area contributed by atoms with E-state index in [0.29, 0.717) is 0 Å². The van der Waals surface area contributed by atoms with E-state index in [1.165, 1.54) is 5.56 Å². The molecule has 3 rings (SSSR count). The maximum atomic E-state index is 4.49. The molecule has 6 heteroatoms. The van der Waals surface area contributed by atoms with Crippen molar-refractivity contribution in [3.05, 3.63) is 48.7 Å². The van der Waals surface area contributed by atoms with E-state index in [-0.39, 0.29) is 0 Å². The molecule has 0 aliphatic carbocycles. The number of hydrogen-bond donors (Lipinski definition) is 0. The molecule has 0 aliphatic rings. The number of aromatic nitrogens is 5. The molecule has 2 aromatic heterocycles. The van der Waals surface area contributed by atoms with Crippen LogP contribution in [0.5, 0.6) is 0 Å². The second kappa shape index (κ2) is 5.50. The Hall–Kier alpha value is -2.08. The Kier molecular flexibility index (Phi) is 3.56. The van der Waals surface area contributed by atoms with Gasteiger partial charge in [-0.3, -0.25) is 0 Å². The highest BCUT2D eigenvalue weighted by atomic mass is 32.2. The molecule has 0 saturated heterocycles. The second-order valence-corrected chi connectivity index (χ2v) is 5.44. The van der Waals surface area contributed by atoms with Gasteiger partial charge < -0.3 is 9.13 Å². The standard InChI is InChI=1S/C14H15N5S/c1-18-10-16-17-13(18)9-20-14-15-8-12(19(14)2)11-6-4-3-5-7-11/h3-8,10H,9H2,1-2H3. The Labute approximate surface area is 121 Å². The first-order valence-electron chi connectivity index (χ1n) is 6.28. The van der Waals surface area contributed by atoms with Crippen LogP contribution in [0, 0.1) is 0 Å². The molecule has 5 nitrogen and oxygen atoms in total. The van der Waals surface area contributed by atoms with Gasteiger partial charge in [-0.1, -0.05) is 42.1 Å².